The topological polar surface area (TPSA) is 83.4 Å². The quantitative estimate of drug-likeness (QED) is 0.756. The first-order valence-corrected chi connectivity index (χ1v) is 9.75. The number of nitrogens with zero attached hydrogens (tertiary/aromatic N) is 2. The summed E-state index contributed by atoms with van der Waals surface area (Å²) < 4.78 is 1.96. The van der Waals surface area contributed by atoms with E-state index in [1.165, 1.54) is 4.90 Å². The Morgan fingerprint density at radius 1 is 1.11 bits per heavy atom. The van der Waals surface area contributed by atoms with Crippen LogP contribution in [0.1, 0.15) is 38.5 Å². The molecule has 7 heteroatoms. The number of amides is 4. The van der Waals surface area contributed by atoms with Gasteiger partial charge in [-0.1, -0.05) is 18.9 Å². The van der Waals surface area contributed by atoms with E-state index in [0.29, 0.717) is 19.3 Å². The molecular weight excluding hydrogens is 356 g/mol. The fourth-order valence-corrected chi connectivity index (χ4v) is 4.07. The molecular formula is C21H24N4O3. The highest BCUT2D eigenvalue weighted by Gasteiger charge is 2.51. The molecule has 2 N–H and O–H groups in total. The van der Waals surface area contributed by atoms with E-state index in [9.17, 15) is 14.4 Å². The molecule has 1 saturated heterocycles. The third-order valence-electron chi connectivity index (χ3n) is 5.52. The molecule has 0 atom stereocenters. The maximum absolute atomic E-state index is 12.6. The molecule has 7 nitrogen and oxygen atoms in total. The van der Waals surface area contributed by atoms with Crippen LogP contribution >= 0.6 is 0 Å². The van der Waals surface area contributed by atoms with Crippen LogP contribution in [0.3, 0.4) is 0 Å². The Bertz CT molecular complexity index is 885. The van der Waals surface area contributed by atoms with E-state index in [4.69, 9.17) is 0 Å². The normalized spacial score (nSPS) is 17.9. The highest BCUT2D eigenvalue weighted by molar-refractivity contribution is 6.07. The maximum atomic E-state index is 12.6. The second-order valence-electron chi connectivity index (χ2n) is 7.47. The molecule has 4 amide bonds. The van der Waals surface area contributed by atoms with Gasteiger partial charge in [0.05, 0.1) is 0 Å². The molecule has 4 rings (SSSR count). The molecule has 0 radical (unpaired) electrons. The minimum absolute atomic E-state index is 0.130. The van der Waals surface area contributed by atoms with E-state index in [1.54, 1.807) is 0 Å². The monoisotopic (exact) mass is 380 g/mol. The van der Waals surface area contributed by atoms with Crippen LogP contribution < -0.4 is 10.6 Å². The number of urea groups is 1. The summed E-state index contributed by atoms with van der Waals surface area (Å²) in [5.41, 5.74) is 0.998. The van der Waals surface area contributed by atoms with E-state index < -0.39 is 5.54 Å². The Morgan fingerprint density at radius 2 is 1.86 bits per heavy atom. The number of hydrogen-bond acceptors (Lipinski definition) is 3. The van der Waals surface area contributed by atoms with Crippen LogP contribution in [0.4, 0.5) is 10.5 Å². The lowest BCUT2D eigenvalue weighted by molar-refractivity contribution is -0.131. The predicted octanol–water partition coefficient (Wildman–Crippen LogP) is 3.06. The number of nitrogens with one attached hydrogen (secondary N) is 2. The summed E-state index contributed by atoms with van der Waals surface area (Å²) in [5.74, 6) is -0.262. The van der Waals surface area contributed by atoms with Gasteiger partial charge in [-0.25, -0.2) is 4.79 Å². The molecule has 1 spiro atoms. The van der Waals surface area contributed by atoms with Gasteiger partial charge in [-0.2, -0.15) is 0 Å². The van der Waals surface area contributed by atoms with Gasteiger partial charge in [0.2, 0.25) is 5.91 Å². The first-order chi connectivity index (χ1) is 13.6. The molecule has 0 bridgehead atoms. The van der Waals surface area contributed by atoms with Crippen LogP contribution in [0, 0.1) is 0 Å². The number of benzene rings is 1. The zero-order valence-corrected chi connectivity index (χ0v) is 15.7. The number of anilines is 1. The van der Waals surface area contributed by atoms with Gasteiger partial charge in [-0.3, -0.25) is 14.5 Å². The number of carbonyl (C=O) groups excluding carboxylic acids is 3. The average Bonchev–Trinajstić information content (AvgIpc) is 3.41. The minimum atomic E-state index is -0.682. The summed E-state index contributed by atoms with van der Waals surface area (Å²) in [7, 11) is 0. The van der Waals surface area contributed by atoms with Gasteiger partial charge < -0.3 is 15.2 Å². The van der Waals surface area contributed by atoms with E-state index in [2.05, 4.69) is 10.6 Å². The van der Waals surface area contributed by atoms with Crippen molar-refractivity contribution in [1.29, 1.82) is 0 Å². The molecule has 2 aliphatic rings. The molecule has 2 heterocycles. The molecule has 1 saturated carbocycles. The standard InChI is InChI=1S/C21H24N4O3/c26-18(22-16-7-5-8-17(15-16)24-12-3-4-13-24)9-6-14-25-19(27)21(23-20(25)28)10-1-2-11-21/h3-5,7-8,12-13,15H,1-2,6,9-11,14H2,(H,22,26)(H,23,28). The van der Waals surface area contributed by atoms with Gasteiger partial charge in [0.15, 0.2) is 0 Å². The lowest BCUT2D eigenvalue weighted by Gasteiger charge is -2.19. The number of carbonyl (C=O) groups is 3. The van der Waals surface area contributed by atoms with E-state index in [-0.39, 0.29) is 30.8 Å². The Kier molecular flexibility index (Phi) is 4.90. The van der Waals surface area contributed by atoms with Crippen molar-refractivity contribution in [3.8, 4) is 5.69 Å². The predicted molar refractivity (Wildman–Crippen MR) is 105 cm³/mol. The Morgan fingerprint density at radius 3 is 2.61 bits per heavy atom. The Balaban J connectivity index is 1.29. The molecule has 2 aromatic rings. The molecule has 1 aromatic heterocycles. The number of hydrogen-bond donors (Lipinski definition) is 2. The second kappa shape index (κ2) is 7.50. The van der Waals surface area contributed by atoms with E-state index in [0.717, 1.165) is 24.2 Å². The first kappa shape index (κ1) is 18.3. The van der Waals surface area contributed by atoms with Crippen LogP contribution in [-0.4, -0.2) is 39.4 Å². The molecule has 28 heavy (non-hydrogen) atoms. The van der Waals surface area contributed by atoms with Gasteiger partial charge in [-0.05, 0) is 49.6 Å². The molecule has 1 aliphatic heterocycles. The average molecular weight is 380 g/mol. The van der Waals surface area contributed by atoms with Crippen LogP contribution in [0.5, 0.6) is 0 Å². The van der Waals surface area contributed by atoms with E-state index >= 15 is 0 Å². The smallest absolute Gasteiger partial charge is 0.325 e. The number of aromatic nitrogens is 1. The summed E-state index contributed by atoms with van der Waals surface area (Å²) in [6.07, 6.45) is 7.93. The molecule has 0 unspecified atom stereocenters. The van der Waals surface area contributed by atoms with E-state index in [1.807, 2.05) is 53.4 Å². The van der Waals surface area contributed by atoms with Crippen molar-refractivity contribution in [2.45, 2.75) is 44.1 Å². The minimum Gasteiger partial charge on any atom is -0.326 e. The zero-order chi connectivity index (χ0) is 19.6. The van der Waals surface area contributed by atoms with Gasteiger partial charge in [0, 0.05) is 36.7 Å². The van der Waals surface area contributed by atoms with Crippen molar-refractivity contribution in [3.05, 3.63) is 48.8 Å². The highest BCUT2D eigenvalue weighted by atomic mass is 16.2. The van der Waals surface area contributed by atoms with Gasteiger partial charge in [0.25, 0.3) is 5.91 Å². The zero-order valence-electron chi connectivity index (χ0n) is 15.7. The van der Waals surface area contributed by atoms with Crippen molar-refractivity contribution in [2.75, 3.05) is 11.9 Å². The lowest BCUT2D eigenvalue weighted by atomic mass is 9.98. The molecule has 146 valence electrons. The fourth-order valence-electron chi connectivity index (χ4n) is 4.07. The van der Waals surface area contributed by atoms with Crippen LogP contribution in [0.25, 0.3) is 5.69 Å². The number of rotatable bonds is 6. The van der Waals surface area contributed by atoms with Crippen LogP contribution in [0.2, 0.25) is 0 Å². The van der Waals surface area contributed by atoms with Gasteiger partial charge in [0.1, 0.15) is 5.54 Å². The summed E-state index contributed by atoms with van der Waals surface area (Å²) in [6.45, 7) is 0.267. The molecule has 1 aromatic carbocycles. The van der Waals surface area contributed by atoms with Crippen molar-refractivity contribution in [3.63, 3.8) is 0 Å². The summed E-state index contributed by atoms with van der Waals surface area (Å²) >= 11 is 0. The molecule has 2 fully saturated rings. The third kappa shape index (κ3) is 3.52. The van der Waals surface area contributed by atoms with Crippen LogP contribution in [-0.2, 0) is 9.59 Å². The van der Waals surface area contributed by atoms with Crippen molar-refractivity contribution in [2.24, 2.45) is 0 Å². The summed E-state index contributed by atoms with van der Waals surface area (Å²) in [4.78, 5) is 38.3. The van der Waals surface area contributed by atoms with Gasteiger partial charge >= 0.3 is 6.03 Å². The summed E-state index contributed by atoms with van der Waals surface area (Å²) in [5, 5.41) is 5.75. The molecule has 1 aliphatic carbocycles. The lowest BCUT2D eigenvalue weighted by Crippen LogP contribution is -2.44. The maximum Gasteiger partial charge on any atom is 0.325 e. The Labute approximate surface area is 163 Å². The highest BCUT2D eigenvalue weighted by Crippen LogP contribution is 2.35. The van der Waals surface area contributed by atoms with Crippen molar-refractivity contribution < 1.29 is 14.4 Å². The van der Waals surface area contributed by atoms with Gasteiger partial charge in [-0.15, -0.1) is 0 Å². The van der Waals surface area contributed by atoms with Crippen molar-refractivity contribution >= 4 is 23.5 Å². The summed E-state index contributed by atoms with van der Waals surface area (Å²) in [6, 6.07) is 11.1. The van der Waals surface area contributed by atoms with Crippen LogP contribution in [0.15, 0.2) is 48.8 Å². The number of imide groups is 1. The third-order valence-corrected chi connectivity index (χ3v) is 5.52. The second-order valence-corrected chi connectivity index (χ2v) is 7.47. The largest absolute Gasteiger partial charge is 0.326 e. The fraction of sp³-hybridized carbons (Fsp3) is 0.381. The Hall–Kier alpha value is -3.09. The van der Waals surface area contributed by atoms with Crippen molar-refractivity contribution in [1.82, 2.24) is 14.8 Å². The SMILES string of the molecule is O=C(CCCN1C(=O)NC2(CCCC2)C1=O)Nc1cccc(-n2cccc2)c1. The first-order valence-electron chi connectivity index (χ1n) is 9.75.